The number of anilines is 1. The van der Waals surface area contributed by atoms with Crippen molar-refractivity contribution in [3.8, 4) is 12.8 Å². The van der Waals surface area contributed by atoms with Crippen LogP contribution in [-0.4, -0.2) is 79.6 Å². The van der Waals surface area contributed by atoms with E-state index in [4.69, 9.17) is 10.5 Å². The molecule has 5 amide bonds. The molecule has 0 spiro atoms. The maximum Gasteiger partial charge on any atom is 0.312 e. The third-order valence-corrected chi connectivity index (χ3v) is 9.52. The number of terminal acetylenes is 1. The number of carbonyl (C=O) groups is 4. The number of nitroso groups, excluding NO2 is 1. The second-order valence-electron chi connectivity index (χ2n) is 14.3. The van der Waals surface area contributed by atoms with Crippen molar-refractivity contribution in [1.82, 2.24) is 25.9 Å². The average Bonchev–Trinajstić information content (AvgIpc) is 3.46. The van der Waals surface area contributed by atoms with Crippen LogP contribution < -0.4 is 27.0 Å². The highest BCUT2D eigenvalue weighted by atomic mass is 16.5. The first kappa shape index (κ1) is 49.9. The molecule has 1 aromatic carbocycles. The minimum absolute atomic E-state index is 0.131. The van der Waals surface area contributed by atoms with Crippen LogP contribution in [0.3, 0.4) is 0 Å². The Morgan fingerprint density at radius 1 is 1.02 bits per heavy atom. The highest BCUT2D eigenvalue weighted by Gasteiger charge is 2.28. The van der Waals surface area contributed by atoms with Gasteiger partial charge in [0.1, 0.15) is 6.04 Å². The van der Waals surface area contributed by atoms with Gasteiger partial charge in [0.25, 0.3) is 5.91 Å². The molecule has 1 aromatic rings. The Morgan fingerprint density at radius 3 is 2.21 bits per heavy atom. The van der Waals surface area contributed by atoms with E-state index in [-0.39, 0.29) is 49.8 Å². The number of ether oxygens (including phenoxy) is 1. The van der Waals surface area contributed by atoms with E-state index in [0.29, 0.717) is 43.9 Å². The van der Waals surface area contributed by atoms with Gasteiger partial charge in [0, 0.05) is 49.7 Å². The SMILES string of the molecule is C#C.C1CCC1.C=C1C=CC(=O)N1CCOCCC(=O)NCC(NC(C(=O)Nc1ccc(CC)c(CN(C)N=O)c1)C(C)CCCNC(N)=O)=C1CCC1.CCC. The zero-order valence-electron chi connectivity index (χ0n) is 35.0. The number of carbonyl (C=O) groups excluding carboxylic acids is 4. The van der Waals surface area contributed by atoms with Gasteiger partial charge in [0.05, 0.1) is 31.6 Å². The fraction of sp³-hybridized carbons (Fsp3) is 0.581. The highest BCUT2D eigenvalue weighted by molar-refractivity contribution is 5.95. The number of primary amides is 1. The molecule has 2 fully saturated rings. The lowest BCUT2D eigenvalue weighted by molar-refractivity contribution is -0.125. The quantitative estimate of drug-likeness (QED) is 0.0407. The summed E-state index contributed by atoms with van der Waals surface area (Å²) in [7, 11) is 1.60. The lowest BCUT2D eigenvalue weighted by Gasteiger charge is -2.30. The van der Waals surface area contributed by atoms with E-state index in [0.717, 1.165) is 48.1 Å². The zero-order valence-corrected chi connectivity index (χ0v) is 35.0. The van der Waals surface area contributed by atoms with Gasteiger partial charge in [-0.1, -0.05) is 72.4 Å². The molecule has 4 rings (SSSR count). The lowest BCUT2D eigenvalue weighted by Crippen LogP contribution is -2.47. The Morgan fingerprint density at radius 2 is 1.68 bits per heavy atom. The molecule has 0 saturated heterocycles. The summed E-state index contributed by atoms with van der Waals surface area (Å²) in [5, 5.41) is 16.3. The number of nitrogens with zero attached hydrogens (tertiary/aromatic N) is 3. The van der Waals surface area contributed by atoms with Crippen LogP contribution in [0.25, 0.3) is 0 Å². The molecule has 2 unspecified atom stereocenters. The second-order valence-corrected chi connectivity index (χ2v) is 14.3. The molecule has 0 radical (unpaired) electrons. The number of hydrogen-bond donors (Lipinski definition) is 5. The number of aryl methyl sites for hydroxylation is 1. The van der Waals surface area contributed by atoms with Gasteiger partial charge in [-0.05, 0) is 79.4 Å². The smallest absolute Gasteiger partial charge is 0.312 e. The molecule has 1 heterocycles. The Kier molecular flexibility index (Phi) is 25.5. The van der Waals surface area contributed by atoms with Crippen LogP contribution in [0, 0.1) is 23.7 Å². The van der Waals surface area contributed by atoms with Crippen molar-refractivity contribution in [2.75, 3.05) is 45.2 Å². The third kappa shape index (κ3) is 19.5. The van der Waals surface area contributed by atoms with Gasteiger partial charge in [-0.15, -0.1) is 17.8 Å². The van der Waals surface area contributed by atoms with E-state index < -0.39 is 12.1 Å². The van der Waals surface area contributed by atoms with E-state index in [2.05, 4.69) is 59.8 Å². The summed E-state index contributed by atoms with van der Waals surface area (Å²) in [4.78, 5) is 62.1. The first-order chi connectivity index (χ1) is 27.4. The molecule has 2 saturated carbocycles. The van der Waals surface area contributed by atoms with Crippen molar-refractivity contribution in [1.29, 1.82) is 0 Å². The number of amides is 5. The largest absolute Gasteiger partial charge is 0.379 e. The van der Waals surface area contributed by atoms with Crippen molar-refractivity contribution in [2.45, 2.75) is 117 Å². The van der Waals surface area contributed by atoms with Crippen molar-refractivity contribution in [2.24, 2.45) is 16.9 Å². The minimum atomic E-state index is -0.645. The average molecular weight is 793 g/mol. The van der Waals surface area contributed by atoms with Crippen molar-refractivity contribution in [3.05, 3.63) is 69.9 Å². The molecule has 2 atom stereocenters. The lowest BCUT2D eigenvalue weighted by atomic mass is 9.89. The third-order valence-electron chi connectivity index (χ3n) is 9.52. The van der Waals surface area contributed by atoms with E-state index in [1.807, 2.05) is 32.0 Å². The molecule has 57 heavy (non-hydrogen) atoms. The molecule has 0 bridgehead atoms. The standard InChI is InChI=1S/C34H50N8O6.C4H8.C3H8.C2H2/c1-5-25-12-13-28(20-27(25)22-41(4)40-47)38-33(45)32(23(2)8-7-16-36-34(35)46)39-29(26-9-6-10-26)21-37-30(43)15-18-48-19-17-42-24(3)11-14-31(42)44;1-2-4-3-1;1-3-2;1-2/h11-14,20,23,32,39H,3,5-10,15-19,21-22H2,1-2,4H3,(H,37,43)(H,38,45)(H3,35,36,46);1-4H2;3H2,1-2H3;1-2H. The van der Waals surface area contributed by atoms with Crippen molar-refractivity contribution >= 4 is 29.4 Å². The predicted octanol–water partition coefficient (Wildman–Crippen LogP) is 6.44. The predicted molar refractivity (Wildman–Crippen MR) is 228 cm³/mol. The first-order valence-electron chi connectivity index (χ1n) is 20.3. The van der Waals surface area contributed by atoms with Crippen LogP contribution in [0.15, 0.2) is 59.2 Å². The van der Waals surface area contributed by atoms with Gasteiger partial charge in [-0.3, -0.25) is 19.4 Å². The molecular formula is C43H68N8O6. The van der Waals surface area contributed by atoms with Crippen LogP contribution in [0.4, 0.5) is 10.5 Å². The number of hydrogen-bond acceptors (Lipinski definition) is 8. The zero-order chi connectivity index (χ0) is 42.6. The number of nitrogens with two attached hydrogens (primary N) is 1. The Labute approximate surface area is 340 Å². The second kappa shape index (κ2) is 29.1. The summed E-state index contributed by atoms with van der Waals surface area (Å²) in [5.41, 5.74) is 10.4. The number of benzene rings is 1. The van der Waals surface area contributed by atoms with E-state index in [9.17, 15) is 24.1 Å². The molecule has 316 valence electrons. The van der Waals surface area contributed by atoms with E-state index in [1.54, 1.807) is 13.1 Å². The normalized spacial score (nSPS) is 14.6. The van der Waals surface area contributed by atoms with Crippen molar-refractivity contribution < 1.29 is 23.9 Å². The number of urea groups is 1. The first-order valence-corrected chi connectivity index (χ1v) is 20.3. The number of nitrogens with one attached hydrogen (secondary N) is 4. The van der Waals surface area contributed by atoms with Gasteiger partial charge in [0.2, 0.25) is 11.8 Å². The Hall–Kier alpha value is -5.16. The van der Waals surface area contributed by atoms with Crippen LogP contribution in [0.1, 0.15) is 109 Å². The van der Waals surface area contributed by atoms with E-state index >= 15 is 0 Å². The van der Waals surface area contributed by atoms with Gasteiger partial charge in [-0.2, -0.15) is 0 Å². The number of rotatable bonds is 21. The molecular weight excluding hydrogens is 725 g/mol. The fourth-order valence-electron chi connectivity index (χ4n) is 5.77. The molecule has 14 nitrogen and oxygen atoms in total. The molecule has 6 N–H and O–H groups in total. The summed E-state index contributed by atoms with van der Waals surface area (Å²) in [6.45, 7) is 13.9. The topological polar surface area (TPSA) is 188 Å². The Balaban J connectivity index is 0.00000162. The molecule has 0 aromatic heterocycles. The van der Waals surface area contributed by atoms with Crippen LogP contribution in [-0.2, 0) is 32.1 Å². The summed E-state index contributed by atoms with van der Waals surface area (Å²) >= 11 is 0. The van der Waals surface area contributed by atoms with Gasteiger partial charge < -0.3 is 36.6 Å². The summed E-state index contributed by atoms with van der Waals surface area (Å²) in [6, 6.07) is 4.40. The maximum atomic E-state index is 13.9. The van der Waals surface area contributed by atoms with Gasteiger partial charge in [0.15, 0.2) is 0 Å². The molecule has 1 aliphatic heterocycles. The summed E-state index contributed by atoms with van der Waals surface area (Å²) in [5.74, 6) is -0.711. The molecule has 14 heteroatoms. The number of allylic oxidation sites excluding steroid dienone is 2. The highest BCUT2D eigenvalue weighted by Crippen LogP contribution is 2.29. The molecule has 3 aliphatic rings. The monoisotopic (exact) mass is 793 g/mol. The van der Waals surface area contributed by atoms with Gasteiger partial charge >= 0.3 is 6.03 Å². The van der Waals surface area contributed by atoms with Crippen LogP contribution >= 0.6 is 0 Å². The van der Waals surface area contributed by atoms with Crippen molar-refractivity contribution in [3.63, 3.8) is 0 Å². The summed E-state index contributed by atoms with van der Waals surface area (Å²) in [6.07, 6.45) is 23.3. The maximum absolute atomic E-state index is 13.9. The Bertz CT molecular complexity index is 1490. The fourth-order valence-corrected chi connectivity index (χ4v) is 5.77. The van der Waals surface area contributed by atoms with Crippen LogP contribution in [0.2, 0.25) is 0 Å². The minimum Gasteiger partial charge on any atom is -0.379 e. The molecule has 2 aliphatic carbocycles. The van der Waals surface area contributed by atoms with Gasteiger partial charge in [-0.25, -0.2) is 4.79 Å². The van der Waals surface area contributed by atoms with Crippen LogP contribution in [0.5, 0.6) is 0 Å². The summed E-state index contributed by atoms with van der Waals surface area (Å²) < 4.78 is 5.58. The van der Waals surface area contributed by atoms with E-state index in [1.165, 1.54) is 48.1 Å².